The Hall–Kier alpha value is -2.81. The molecule has 0 aliphatic rings. The van der Waals surface area contributed by atoms with Crippen molar-refractivity contribution in [2.45, 2.75) is 13.5 Å². The number of rotatable bonds is 6. The maximum atomic E-state index is 13.6. The largest absolute Gasteiger partial charge is 0.352 e. The van der Waals surface area contributed by atoms with Crippen LogP contribution in [-0.4, -0.2) is 23.3 Å². The summed E-state index contributed by atoms with van der Waals surface area (Å²) in [5.41, 5.74) is 0.385. The van der Waals surface area contributed by atoms with Gasteiger partial charge in [-0.15, -0.1) is 0 Å². The fourth-order valence-corrected chi connectivity index (χ4v) is 2.79. The van der Waals surface area contributed by atoms with Crippen LogP contribution in [0, 0.1) is 15.9 Å². The fraction of sp³-hybridized carbons (Fsp3) is 0.176. The Kier molecular flexibility index (Phi) is 6.40. The average molecular weight is 424 g/mol. The van der Waals surface area contributed by atoms with Crippen LogP contribution < -0.4 is 10.6 Å². The summed E-state index contributed by atoms with van der Waals surface area (Å²) < 4.78 is 13.5. The van der Waals surface area contributed by atoms with Crippen molar-refractivity contribution >= 4 is 33.4 Å². The number of halogens is 2. The molecule has 2 N–H and O–H groups in total. The topological polar surface area (TPSA) is 101 Å². The van der Waals surface area contributed by atoms with Crippen molar-refractivity contribution in [1.82, 2.24) is 10.6 Å². The predicted octanol–water partition coefficient (Wildman–Crippen LogP) is 3.18. The summed E-state index contributed by atoms with van der Waals surface area (Å²) in [6.07, 6.45) is 0. The molecule has 0 aliphatic heterocycles. The van der Waals surface area contributed by atoms with Gasteiger partial charge in [-0.3, -0.25) is 19.7 Å². The number of hydrogen-bond donors (Lipinski definition) is 2. The van der Waals surface area contributed by atoms with E-state index in [9.17, 15) is 24.1 Å². The predicted molar refractivity (Wildman–Crippen MR) is 96.4 cm³/mol. The lowest BCUT2D eigenvalue weighted by atomic mass is 10.1. The first-order valence-corrected chi connectivity index (χ1v) is 8.41. The molecule has 2 aromatic carbocycles. The van der Waals surface area contributed by atoms with Crippen molar-refractivity contribution in [3.05, 3.63) is 73.5 Å². The molecule has 2 rings (SSSR count). The SMILES string of the molecule is CCNC(=O)c1cccc(CNC(=O)c2cc(F)cc([N+](=O)[O-])c2Br)c1. The number of nitrogens with one attached hydrogen (secondary N) is 2. The fourth-order valence-electron chi connectivity index (χ4n) is 2.24. The van der Waals surface area contributed by atoms with E-state index in [1.807, 2.05) is 0 Å². The van der Waals surface area contributed by atoms with Crippen LogP contribution in [0.2, 0.25) is 0 Å². The monoisotopic (exact) mass is 423 g/mol. The van der Waals surface area contributed by atoms with Crippen LogP contribution in [-0.2, 0) is 6.54 Å². The van der Waals surface area contributed by atoms with Crippen molar-refractivity contribution in [1.29, 1.82) is 0 Å². The van der Waals surface area contributed by atoms with Gasteiger partial charge >= 0.3 is 0 Å². The lowest BCUT2D eigenvalue weighted by Crippen LogP contribution is -2.25. The van der Waals surface area contributed by atoms with Gasteiger partial charge in [0.1, 0.15) is 10.3 Å². The second-order valence-corrected chi connectivity index (χ2v) is 6.08. The van der Waals surface area contributed by atoms with Gasteiger partial charge in [0, 0.05) is 18.7 Å². The van der Waals surface area contributed by atoms with Gasteiger partial charge in [-0.2, -0.15) is 0 Å². The number of carbonyl (C=O) groups is 2. The lowest BCUT2D eigenvalue weighted by Gasteiger charge is -2.09. The molecular formula is C17H15BrFN3O4. The molecule has 9 heteroatoms. The smallest absolute Gasteiger partial charge is 0.287 e. The number of hydrogen-bond acceptors (Lipinski definition) is 4. The van der Waals surface area contributed by atoms with Crippen LogP contribution in [0.25, 0.3) is 0 Å². The molecule has 0 unspecified atom stereocenters. The number of carbonyl (C=O) groups excluding carboxylic acids is 2. The summed E-state index contributed by atoms with van der Waals surface area (Å²) in [7, 11) is 0. The Bertz CT molecular complexity index is 873. The number of benzene rings is 2. The number of nitro groups is 1. The minimum absolute atomic E-state index is 0.0723. The van der Waals surface area contributed by atoms with E-state index in [4.69, 9.17) is 0 Å². The molecule has 0 saturated heterocycles. The summed E-state index contributed by atoms with van der Waals surface area (Å²) in [6.45, 7) is 2.37. The average Bonchev–Trinajstić information content (AvgIpc) is 2.61. The first kappa shape index (κ1) is 19.5. The zero-order valence-electron chi connectivity index (χ0n) is 13.7. The Morgan fingerprint density at radius 2 is 1.92 bits per heavy atom. The molecule has 0 radical (unpaired) electrons. The van der Waals surface area contributed by atoms with Gasteiger partial charge in [0.05, 0.1) is 16.6 Å². The van der Waals surface area contributed by atoms with E-state index in [2.05, 4.69) is 26.6 Å². The first-order chi connectivity index (χ1) is 12.3. The highest BCUT2D eigenvalue weighted by Crippen LogP contribution is 2.29. The van der Waals surface area contributed by atoms with Crippen LogP contribution in [0.5, 0.6) is 0 Å². The van der Waals surface area contributed by atoms with Gasteiger partial charge < -0.3 is 10.6 Å². The van der Waals surface area contributed by atoms with Crippen LogP contribution in [0.1, 0.15) is 33.2 Å². The molecule has 0 aromatic heterocycles. The van der Waals surface area contributed by atoms with Crippen LogP contribution in [0.3, 0.4) is 0 Å². The van der Waals surface area contributed by atoms with E-state index < -0.39 is 22.3 Å². The summed E-state index contributed by atoms with van der Waals surface area (Å²) in [4.78, 5) is 34.3. The highest BCUT2D eigenvalue weighted by atomic mass is 79.9. The lowest BCUT2D eigenvalue weighted by molar-refractivity contribution is -0.385. The van der Waals surface area contributed by atoms with E-state index in [1.54, 1.807) is 31.2 Å². The number of amides is 2. The standard InChI is InChI=1S/C17H15BrFN3O4/c1-2-20-16(23)11-5-3-4-10(6-11)9-21-17(24)13-7-12(19)8-14(15(13)18)22(25)26/h3-8H,2,9H2,1H3,(H,20,23)(H,21,24). The Morgan fingerprint density at radius 3 is 2.58 bits per heavy atom. The second-order valence-electron chi connectivity index (χ2n) is 5.29. The molecule has 0 saturated carbocycles. The Morgan fingerprint density at radius 1 is 1.19 bits per heavy atom. The number of nitro benzene ring substituents is 1. The maximum Gasteiger partial charge on any atom is 0.287 e. The minimum atomic E-state index is -0.886. The molecule has 0 fully saturated rings. The highest BCUT2D eigenvalue weighted by molar-refractivity contribution is 9.10. The van der Waals surface area contributed by atoms with Crippen molar-refractivity contribution < 1.29 is 18.9 Å². The summed E-state index contributed by atoms with van der Waals surface area (Å²) in [5, 5.41) is 16.2. The van der Waals surface area contributed by atoms with Gasteiger partial charge in [0.2, 0.25) is 0 Å². The third-order valence-corrected chi connectivity index (χ3v) is 4.27. The molecule has 0 bridgehead atoms. The van der Waals surface area contributed by atoms with E-state index in [-0.39, 0.29) is 22.5 Å². The third kappa shape index (κ3) is 4.63. The molecular weight excluding hydrogens is 409 g/mol. The van der Waals surface area contributed by atoms with E-state index in [0.29, 0.717) is 17.7 Å². The van der Waals surface area contributed by atoms with Crippen molar-refractivity contribution in [2.24, 2.45) is 0 Å². The van der Waals surface area contributed by atoms with E-state index >= 15 is 0 Å². The third-order valence-electron chi connectivity index (χ3n) is 3.44. The highest BCUT2D eigenvalue weighted by Gasteiger charge is 2.22. The van der Waals surface area contributed by atoms with Crippen LogP contribution in [0.4, 0.5) is 10.1 Å². The molecule has 0 aliphatic carbocycles. The van der Waals surface area contributed by atoms with Crippen molar-refractivity contribution in [3.8, 4) is 0 Å². The van der Waals surface area contributed by atoms with Gasteiger partial charge in [0.15, 0.2) is 0 Å². The molecule has 0 heterocycles. The van der Waals surface area contributed by atoms with E-state index in [0.717, 1.165) is 12.1 Å². The molecule has 7 nitrogen and oxygen atoms in total. The Labute approximate surface area is 156 Å². The van der Waals surface area contributed by atoms with E-state index in [1.165, 1.54) is 0 Å². The molecule has 2 amide bonds. The summed E-state index contributed by atoms with van der Waals surface area (Å²) in [5.74, 6) is -1.80. The maximum absolute atomic E-state index is 13.6. The zero-order chi connectivity index (χ0) is 19.3. The van der Waals surface area contributed by atoms with Gasteiger partial charge in [-0.1, -0.05) is 12.1 Å². The molecule has 0 atom stereocenters. The first-order valence-electron chi connectivity index (χ1n) is 7.62. The molecule has 2 aromatic rings. The molecule has 0 spiro atoms. The van der Waals surface area contributed by atoms with Gasteiger partial charge in [0.25, 0.3) is 17.5 Å². The minimum Gasteiger partial charge on any atom is -0.352 e. The van der Waals surface area contributed by atoms with Crippen LogP contribution >= 0.6 is 15.9 Å². The quantitative estimate of drug-likeness (QED) is 0.550. The van der Waals surface area contributed by atoms with Gasteiger partial charge in [-0.05, 0) is 46.6 Å². The number of nitrogens with zero attached hydrogens (tertiary/aromatic N) is 1. The molecule has 26 heavy (non-hydrogen) atoms. The van der Waals surface area contributed by atoms with Crippen molar-refractivity contribution in [2.75, 3.05) is 6.54 Å². The molecule has 136 valence electrons. The second kappa shape index (κ2) is 8.52. The normalized spacial score (nSPS) is 10.3. The van der Waals surface area contributed by atoms with Crippen molar-refractivity contribution in [3.63, 3.8) is 0 Å². The van der Waals surface area contributed by atoms with Gasteiger partial charge in [-0.25, -0.2) is 4.39 Å². The Balaban J connectivity index is 2.16. The van der Waals surface area contributed by atoms with Crippen LogP contribution in [0.15, 0.2) is 40.9 Å². The zero-order valence-corrected chi connectivity index (χ0v) is 15.3. The summed E-state index contributed by atoms with van der Waals surface area (Å²) >= 11 is 2.97. The summed E-state index contributed by atoms with van der Waals surface area (Å²) in [6, 6.07) is 8.30.